The molecule has 0 spiro atoms. The molecule has 1 aromatic heterocycles. The minimum atomic E-state index is -4.30. The Labute approximate surface area is 191 Å². The fraction of sp³-hybridized carbons (Fsp3) is 0.143. The Balaban J connectivity index is 1.87. The topological polar surface area (TPSA) is 169 Å². The van der Waals surface area contributed by atoms with E-state index in [4.69, 9.17) is 9.11 Å². The Hall–Kier alpha value is -3.50. The third kappa shape index (κ3) is 5.65. The van der Waals surface area contributed by atoms with Crippen molar-refractivity contribution in [2.24, 2.45) is 0 Å². The number of pyridine rings is 1. The number of benzene rings is 2. The summed E-state index contributed by atoms with van der Waals surface area (Å²) >= 11 is 0. The molecule has 1 heterocycles. The Morgan fingerprint density at radius 2 is 1.36 bits per heavy atom. The van der Waals surface area contributed by atoms with Crippen LogP contribution >= 0.6 is 0 Å². The van der Waals surface area contributed by atoms with Gasteiger partial charge in [-0.05, 0) is 66.9 Å². The first-order valence-corrected chi connectivity index (χ1v) is 12.3. The molecule has 0 atom stereocenters. The van der Waals surface area contributed by atoms with Crippen LogP contribution in [0.2, 0.25) is 0 Å². The van der Waals surface area contributed by atoms with E-state index in [1.54, 1.807) is 13.8 Å². The van der Waals surface area contributed by atoms with E-state index in [2.05, 4.69) is 21.7 Å². The van der Waals surface area contributed by atoms with Crippen LogP contribution in [0.25, 0.3) is 0 Å². The third-order valence-electron chi connectivity index (χ3n) is 4.96. The summed E-state index contributed by atoms with van der Waals surface area (Å²) in [5.41, 5.74) is 2.96. The minimum absolute atomic E-state index is 0.222. The van der Waals surface area contributed by atoms with Crippen molar-refractivity contribution in [1.82, 2.24) is 4.98 Å². The lowest BCUT2D eigenvalue weighted by atomic mass is 10.1. The minimum Gasteiger partial charge on any atom is -0.365 e. The number of nitrogens with one attached hydrogen (secondary N) is 2. The van der Waals surface area contributed by atoms with Crippen LogP contribution in [0.1, 0.15) is 22.3 Å². The van der Waals surface area contributed by atoms with Gasteiger partial charge in [0.1, 0.15) is 17.7 Å². The van der Waals surface area contributed by atoms with E-state index in [0.717, 1.165) is 0 Å². The number of aromatic nitrogens is 1. The van der Waals surface area contributed by atoms with Crippen LogP contribution in [0.5, 0.6) is 0 Å². The van der Waals surface area contributed by atoms with E-state index in [-0.39, 0.29) is 16.3 Å². The molecule has 0 aliphatic heterocycles. The van der Waals surface area contributed by atoms with Gasteiger partial charge in [0.15, 0.2) is 0 Å². The average molecular weight is 489 g/mol. The van der Waals surface area contributed by atoms with Gasteiger partial charge in [0.25, 0.3) is 20.2 Å². The molecule has 4 N–H and O–H groups in total. The average Bonchev–Trinajstić information content (AvgIpc) is 2.75. The van der Waals surface area contributed by atoms with Crippen molar-refractivity contribution < 1.29 is 25.9 Å². The largest absolute Gasteiger partial charge is 0.365 e. The number of nitriles is 1. The van der Waals surface area contributed by atoms with E-state index in [9.17, 15) is 22.1 Å². The summed E-state index contributed by atoms with van der Waals surface area (Å²) in [5, 5.41) is 15.7. The summed E-state index contributed by atoms with van der Waals surface area (Å²) in [7, 11) is -8.59. The molecule has 0 bridgehead atoms. The zero-order valence-electron chi connectivity index (χ0n) is 17.6. The molecule has 3 rings (SSSR count). The quantitative estimate of drug-likeness (QED) is 0.361. The molecule has 172 valence electrons. The summed E-state index contributed by atoms with van der Waals surface area (Å²) < 4.78 is 63.0. The van der Waals surface area contributed by atoms with Gasteiger partial charge in [-0.1, -0.05) is 12.1 Å². The Morgan fingerprint density at radius 1 is 0.848 bits per heavy atom. The number of nitrogens with zero attached hydrogens (tertiary/aromatic N) is 2. The van der Waals surface area contributed by atoms with Gasteiger partial charge < -0.3 is 10.6 Å². The molecule has 0 saturated carbocycles. The maximum atomic E-state index is 11.2. The van der Waals surface area contributed by atoms with Gasteiger partial charge in [0, 0.05) is 12.2 Å². The summed E-state index contributed by atoms with van der Waals surface area (Å²) in [6.07, 6.45) is 0. The van der Waals surface area contributed by atoms with Crippen LogP contribution in [0.4, 0.5) is 17.3 Å². The van der Waals surface area contributed by atoms with Gasteiger partial charge in [-0.2, -0.15) is 22.1 Å². The summed E-state index contributed by atoms with van der Waals surface area (Å²) in [6, 6.07) is 13.2. The zero-order chi connectivity index (χ0) is 24.4. The SMILES string of the molecule is Cc1c(Nc2ccc(S(=O)(=O)O)cc2)nc(NCc2ccc(S(=O)(=O)O)cc2)c(C#N)c1C. The molecule has 0 unspecified atom stereocenters. The van der Waals surface area contributed by atoms with Gasteiger partial charge in [0.2, 0.25) is 0 Å². The van der Waals surface area contributed by atoms with E-state index in [0.29, 0.717) is 39.6 Å². The van der Waals surface area contributed by atoms with Crippen LogP contribution in [0.15, 0.2) is 58.3 Å². The lowest BCUT2D eigenvalue weighted by molar-refractivity contribution is 0.481. The van der Waals surface area contributed by atoms with Crippen molar-refractivity contribution in [3.8, 4) is 6.07 Å². The highest BCUT2D eigenvalue weighted by atomic mass is 32.2. The number of hydrogen-bond donors (Lipinski definition) is 4. The molecule has 0 saturated heterocycles. The zero-order valence-corrected chi connectivity index (χ0v) is 19.2. The molecular formula is C21H20N4O6S2. The lowest BCUT2D eigenvalue weighted by Gasteiger charge is -2.16. The highest BCUT2D eigenvalue weighted by Crippen LogP contribution is 2.28. The lowest BCUT2D eigenvalue weighted by Crippen LogP contribution is -2.09. The summed E-state index contributed by atoms with van der Waals surface area (Å²) in [4.78, 5) is 4.03. The molecule has 2 aromatic carbocycles. The second-order valence-electron chi connectivity index (χ2n) is 7.14. The maximum absolute atomic E-state index is 11.2. The van der Waals surface area contributed by atoms with Crippen molar-refractivity contribution in [3.63, 3.8) is 0 Å². The van der Waals surface area contributed by atoms with E-state index in [1.807, 2.05) is 0 Å². The van der Waals surface area contributed by atoms with Crippen molar-refractivity contribution in [2.45, 2.75) is 30.2 Å². The fourth-order valence-corrected chi connectivity index (χ4v) is 3.95. The normalized spacial score (nSPS) is 11.6. The second-order valence-corrected chi connectivity index (χ2v) is 9.99. The fourth-order valence-electron chi connectivity index (χ4n) is 2.99. The maximum Gasteiger partial charge on any atom is 0.294 e. The van der Waals surface area contributed by atoms with Gasteiger partial charge >= 0.3 is 0 Å². The molecule has 12 heteroatoms. The second kappa shape index (κ2) is 9.16. The van der Waals surface area contributed by atoms with Crippen molar-refractivity contribution in [2.75, 3.05) is 10.6 Å². The molecule has 3 aromatic rings. The first-order valence-electron chi connectivity index (χ1n) is 9.46. The molecule has 0 aliphatic carbocycles. The molecule has 33 heavy (non-hydrogen) atoms. The van der Waals surface area contributed by atoms with Gasteiger partial charge in [0.05, 0.1) is 15.4 Å². The molecule has 0 aliphatic rings. The van der Waals surface area contributed by atoms with E-state index in [1.165, 1.54) is 48.5 Å². The van der Waals surface area contributed by atoms with Gasteiger partial charge in [-0.3, -0.25) is 9.11 Å². The van der Waals surface area contributed by atoms with Crippen LogP contribution in [-0.4, -0.2) is 30.9 Å². The number of anilines is 3. The Morgan fingerprint density at radius 3 is 1.85 bits per heavy atom. The van der Waals surface area contributed by atoms with Crippen LogP contribution < -0.4 is 10.6 Å². The summed E-state index contributed by atoms with van der Waals surface area (Å²) in [5.74, 6) is 0.742. The van der Waals surface area contributed by atoms with E-state index >= 15 is 0 Å². The van der Waals surface area contributed by atoms with Gasteiger partial charge in [-0.25, -0.2) is 4.98 Å². The molecule has 0 fully saturated rings. The third-order valence-corrected chi connectivity index (χ3v) is 6.70. The van der Waals surface area contributed by atoms with Crippen molar-refractivity contribution in [1.29, 1.82) is 5.26 Å². The highest BCUT2D eigenvalue weighted by molar-refractivity contribution is 7.86. The van der Waals surface area contributed by atoms with Gasteiger partial charge in [-0.15, -0.1) is 0 Å². The molecular weight excluding hydrogens is 468 g/mol. The van der Waals surface area contributed by atoms with Crippen LogP contribution in [0.3, 0.4) is 0 Å². The van der Waals surface area contributed by atoms with Crippen LogP contribution in [0, 0.1) is 25.2 Å². The predicted molar refractivity (Wildman–Crippen MR) is 122 cm³/mol. The monoisotopic (exact) mass is 488 g/mol. The summed E-state index contributed by atoms with van der Waals surface area (Å²) in [6.45, 7) is 3.79. The van der Waals surface area contributed by atoms with Crippen molar-refractivity contribution in [3.05, 3.63) is 70.8 Å². The molecule has 0 radical (unpaired) electrons. The number of rotatable bonds is 7. The van der Waals surface area contributed by atoms with Crippen LogP contribution in [-0.2, 0) is 26.8 Å². The Bertz CT molecular complexity index is 1440. The van der Waals surface area contributed by atoms with Crippen molar-refractivity contribution >= 4 is 37.6 Å². The predicted octanol–water partition coefficient (Wildman–Crippen LogP) is 3.42. The smallest absolute Gasteiger partial charge is 0.294 e. The highest BCUT2D eigenvalue weighted by Gasteiger charge is 2.16. The standard InChI is InChI=1S/C21H20N4O6S2/c1-13-14(2)20(24-16-5-9-18(10-6-16)33(29,30)31)25-21(19(13)11-22)23-12-15-3-7-17(8-4-15)32(26,27)28/h3-10H,12H2,1-2H3,(H2,23,24,25)(H,26,27,28)(H,29,30,31). The number of hydrogen-bond acceptors (Lipinski definition) is 8. The molecule has 0 amide bonds. The Kier molecular flexibility index (Phi) is 6.71. The first kappa shape index (κ1) is 24.1. The molecule has 10 nitrogen and oxygen atoms in total. The first-order chi connectivity index (χ1) is 15.4. The van der Waals surface area contributed by atoms with E-state index < -0.39 is 20.2 Å².